The molecule has 0 aromatic carbocycles. The summed E-state index contributed by atoms with van der Waals surface area (Å²) in [7, 11) is 0. The topological polar surface area (TPSA) is 84.3 Å². The molecule has 2 unspecified atom stereocenters. The Balaban J connectivity index is 3.16. The normalized spacial score (nSPS) is 17.3. The molecule has 6 N–H and O–H groups in total. The van der Waals surface area contributed by atoms with Gasteiger partial charge in [-0.25, -0.2) is 0 Å². The molecule has 0 aliphatic rings. The molecule has 0 saturated heterocycles. The van der Waals surface area contributed by atoms with Crippen LogP contribution in [0.25, 0.3) is 0 Å². The predicted octanol–water partition coefficient (Wildman–Crippen LogP) is -1.80. The molecular weight excluding hydrogens is 118 g/mol. The Kier molecular flexibility index (Phi) is 4.61. The lowest BCUT2D eigenvalue weighted by molar-refractivity contribution is 0.280. The molecule has 0 rings (SSSR count). The third-order valence-corrected chi connectivity index (χ3v) is 1.06. The van der Waals surface area contributed by atoms with Crippen LogP contribution in [0.1, 0.15) is 6.92 Å². The molecular formula is C5H15N3O. The lowest BCUT2D eigenvalue weighted by Gasteiger charge is -2.15. The van der Waals surface area contributed by atoms with E-state index >= 15 is 0 Å². The summed E-state index contributed by atoms with van der Waals surface area (Å²) in [4.78, 5) is 0. The fourth-order valence-corrected chi connectivity index (χ4v) is 0.417. The number of hydrogen-bond donors (Lipinski definition) is 4. The molecule has 4 heteroatoms. The molecule has 9 heavy (non-hydrogen) atoms. The zero-order chi connectivity index (χ0) is 7.28. The summed E-state index contributed by atoms with van der Waals surface area (Å²) in [6.45, 7) is 2.41. The summed E-state index contributed by atoms with van der Waals surface area (Å²) in [5.41, 5.74) is 10.9. The first-order valence-corrected chi connectivity index (χ1v) is 3.04. The standard InChI is InChI=1S/C5H15N3O/c1-4(6)5(7)8-2-3-9/h4-5,8-9H,2-3,6-7H2,1H3. The molecule has 0 bridgehead atoms. The van der Waals surface area contributed by atoms with E-state index in [1.165, 1.54) is 0 Å². The van der Waals surface area contributed by atoms with Gasteiger partial charge < -0.3 is 16.6 Å². The van der Waals surface area contributed by atoms with Gasteiger partial charge in [-0.3, -0.25) is 5.32 Å². The van der Waals surface area contributed by atoms with Crippen LogP contribution in [0.15, 0.2) is 0 Å². The van der Waals surface area contributed by atoms with Gasteiger partial charge in [0.05, 0.1) is 12.8 Å². The van der Waals surface area contributed by atoms with Crippen LogP contribution in [0.3, 0.4) is 0 Å². The van der Waals surface area contributed by atoms with Crippen LogP contribution in [-0.2, 0) is 0 Å². The smallest absolute Gasteiger partial charge is 0.0700 e. The number of aliphatic hydroxyl groups excluding tert-OH is 1. The Morgan fingerprint density at radius 1 is 1.56 bits per heavy atom. The lowest BCUT2D eigenvalue weighted by Crippen LogP contribution is -2.50. The van der Waals surface area contributed by atoms with Crippen molar-refractivity contribution in [1.29, 1.82) is 0 Å². The minimum absolute atomic E-state index is 0.0726. The maximum absolute atomic E-state index is 8.34. The Hall–Kier alpha value is -0.160. The van der Waals surface area contributed by atoms with Gasteiger partial charge in [-0.1, -0.05) is 0 Å². The van der Waals surface area contributed by atoms with Crippen molar-refractivity contribution in [1.82, 2.24) is 5.32 Å². The van der Waals surface area contributed by atoms with Crippen LogP contribution in [0.5, 0.6) is 0 Å². The molecule has 4 nitrogen and oxygen atoms in total. The molecule has 0 aliphatic carbocycles. The molecule has 0 saturated carbocycles. The average molecular weight is 133 g/mol. The first kappa shape index (κ1) is 8.84. The van der Waals surface area contributed by atoms with Gasteiger partial charge in [0, 0.05) is 12.6 Å². The SMILES string of the molecule is CC(N)C(N)NCCO. The zero-order valence-electron chi connectivity index (χ0n) is 5.67. The highest BCUT2D eigenvalue weighted by Crippen LogP contribution is 1.76. The summed E-state index contributed by atoms with van der Waals surface area (Å²) >= 11 is 0. The molecule has 0 radical (unpaired) electrons. The first-order valence-electron chi connectivity index (χ1n) is 3.04. The van der Waals surface area contributed by atoms with E-state index in [9.17, 15) is 0 Å². The van der Waals surface area contributed by atoms with Crippen molar-refractivity contribution < 1.29 is 5.11 Å². The average Bonchev–Trinajstić information content (AvgIpc) is 1.82. The highest BCUT2D eigenvalue weighted by Gasteiger charge is 2.04. The summed E-state index contributed by atoms with van der Waals surface area (Å²) in [6, 6.07) is -0.0726. The number of nitrogens with one attached hydrogen (secondary N) is 1. The van der Waals surface area contributed by atoms with Gasteiger partial charge in [0.25, 0.3) is 0 Å². The van der Waals surface area contributed by atoms with Crippen LogP contribution in [0.2, 0.25) is 0 Å². The van der Waals surface area contributed by atoms with Gasteiger partial charge in [-0.15, -0.1) is 0 Å². The van der Waals surface area contributed by atoms with Crippen LogP contribution in [0.4, 0.5) is 0 Å². The van der Waals surface area contributed by atoms with E-state index in [1.54, 1.807) is 0 Å². The molecule has 0 spiro atoms. The maximum Gasteiger partial charge on any atom is 0.0700 e. The van der Waals surface area contributed by atoms with Crippen LogP contribution in [0, 0.1) is 0 Å². The summed E-state index contributed by atoms with van der Waals surface area (Å²) in [6.07, 6.45) is -0.211. The second kappa shape index (κ2) is 4.69. The van der Waals surface area contributed by atoms with Gasteiger partial charge in [0.15, 0.2) is 0 Å². The highest BCUT2D eigenvalue weighted by molar-refractivity contribution is 4.67. The third kappa shape index (κ3) is 4.35. The molecule has 0 aromatic heterocycles. The molecule has 2 atom stereocenters. The molecule has 0 heterocycles. The number of hydrogen-bond acceptors (Lipinski definition) is 4. The third-order valence-electron chi connectivity index (χ3n) is 1.06. The van der Waals surface area contributed by atoms with Crippen molar-refractivity contribution >= 4 is 0 Å². The zero-order valence-corrected chi connectivity index (χ0v) is 5.67. The molecule has 0 fully saturated rings. The van der Waals surface area contributed by atoms with Crippen molar-refractivity contribution in [3.05, 3.63) is 0 Å². The first-order chi connectivity index (χ1) is 4.18. The van der Waals surface area contributed by atoms with E-state index in [-0.39, 0.29) is 18.8 Å². The predicted molar refractivity (Wildman–Crippen MR) is 36.7 cm³/mol. The number of nitrogens with two attached hydrogens (primary N) is 2. The summed E-state index contributed by atoms with van der Waals surface area (Å²) in [5, 5.41) is 11.2. The van der Waals surface area contributed by atoms with E-state index in [0.717, 1.165) is 0 Å². The Morgan fingerprint density at radius 2 is 2.11 bits per heavy atom. The second-order valence-electron chi connectivity index (χ2n) is 2.06. The minimum atomic E-state index is -0.211. The van der Waals surface area contributed by atoms with Crippen molar-refractivity contribution in [2.45, 2.75) is 19.1 Å². The van der Waals surface area contributed by atoms with Crippen molar-refractivity contribution in [3.8, 4) is 0 Å². The minimum Gasteiger partial charge on any atom is -0.395 e. The van der Waals surface area contributed by atoms with E-state index in [0.29, 0.717) is 6.54 Å². The Labute approximate surface area is 55.2 Å². The summed E-state index contributed by atoms with van der Waals surface area (Å²) in [5.74, 6) is 0. The second-order valence-corrected chi connectivity index (χ2v) is 2.06. The van der Waals surface area contributed by atoms with Gasteiger partial charge >= 0.3 is 0 Å². The van der Waals surface area contributed by atoms with Gasteiger partial charge in [-0.2, -0.15) is 0 Å². The van der Waals surface area contributed by atoms with E-state index in [4.69, 9.17) is 16.6 Å². The Bertz CT molecular complexity index is 67.2. The van der Waals surface area contributed by atoms with Gasteiger partial charge in [0.2, 0.25) is 0 Å². The molecule has 56 valence electrons. The fraction of sp³-hybridized carbons (Fsp3) is 1.00. The van der Waals surface area contributed by atoms with Crippen LogP contribution < -0.4 is 16.8 Å². The lowest BCUT2D eigenvalue weighted by atomic mass is 10.3. The number of rotatable bonds is 4. The summed E-state index contributed by atoms with van der Waals surface area (Å²) < 4.78 is 0. The van der Waals surface area contributed by atoms with Crippen molar-refractivity contribution in [2.24, 2.45) is 11.5 Å². The van der Waals surface area contributed by atoms with E-state index in [2.05, 4.69) is 5.32 Å². The van der Waals surface area contributed by atoms with Crippen LogP contribution >= 0.6 is 0 Å². The van der Waals surface area contributed by atoms with Crippen molar-refractivity contribution in [2.75, 3.05) is 13.2 Å². The van der Waals surface area contributed by atoms with Gasteiger partial charge in [-0.05, 0) is 6.92 Å². The van der Waals surface area contributed by atoms with Crippen LogP contribution in [-0.4, -0.2) is 30.5 Å². The number of aliphatic hydroxyl groups is 1. The maximum atomic E-state index is 8.34. The monoisotopic (exact) mass is 133 g/mol. The largest absolute Gasteiger partial charge is 0.395 e. The Morgan fingerprint density at radius 3 is 2.44 bits per heavy atom. The van der Waals surface area contributed by atoms with Gasteiger partial charge in [0.1, 0.15) is 0 Å². The highest BCUT2D eigenvalue weighted by atomic mass is 16.3. The fourth-order valence-electron chi connectivity index (χ4n) is 0.417. The molecule has 0 amide bonds. The molecule has 0 aliphatic heterocycles. The van der Waals surface area contributed by atoms with E-state index in [1.807, 2.05) is 6.92 Å². The van der Waals surface area contributed by atoms with E-state index < -0.39 is 0 Å². The van der Waals surface area contributed by atoms with Crippen molar-refractivity contribution in [3.63, 3.8) is 0 Å². The molecule has 0 aromatic rings. The quantitative estimate of drug-likeness (QED) is 0.341.